The molecule has 0 radical (unpaired) electrons. The van der Waals surface area contributed by atoms with Crippen molar-refractivity contribution < 1.29 is 9.18 Å². The minimum Gasteiger partial charge on any atom is -0.331 e. The van der Waals surface area contributed by atoms with E-state index in [0.717, 1.165) is 5.56 Å². The van der Waals surface area contributed by atoms with Crippen LogP contribution < -0.4 is 0 Å². The zero-order valence-corrected chi connectivity index (χ0v) is 13.5. The van der Waals surface area contributed by atoms with E-state index in [4.69, 9.17) is 0 Å². The second kappa shape index (κ2) is 6.80. The van der Waals surface area contributed by atoms with Crippen molar-refractivity contribution in [3.8, 4) is 0 Å². The summed E-state index contributed by atoms with van der Waals surface area (Å²) in [4.78, 5) is 18.5. The monoisotopic (exact) mass is 350 g/mol. The van der Waals surface area contributed by atoms with Crippen molar-refractivity contribution in [3.05, 3.63) is 64.1 Å². The Kier molecular flexibility index (Phi) is 5.07. The molecule has 5 heteroatoms. The van der Waals surface area contributed by atoms with Gasteiger partial charge in [-0.2, -0.15) is 0 Å². The standard InChI is InChI=1S/C16H16BrFN2O/c1-3-20(11(2)12-6-8-13(18)9-7-12)16(21)15-14(17)5-4-10-19-15/h4-11H,3H2,1-2H3. The first-order valence-electron chi connectivity index (χ1n) is 6.71. The van der Waals surface area contributed by atoms with Crippen LogP contribution in [0, 0.1) is 5.82 Å². The number of halogens is 2. The molecule has 3 nitrogen and oxygen atoms in total. The fourth-order valence-corrected chi connectivity index (χ4v) is 2.62. The Labute approximate surface area is 131 Å². The van der Waals surface area contributed by atoms with E-state index >= 15 is 0 Å². The summed E-state index contributed by atoms with van der Waals surface area (Å²) in [6.07, 6.45) is 1.59. The van der Waals surface area contributed by atoms with Crippen LogP contribution in [0.15, 0.2) is 47.1 Å². The molecule has 21 heavy (non-hydrogen) atoms. The molecule has 0 bridgehead atoms. The van der Waals surface area contributed by atoms with E-state index in [2.05, 4.69) is 20.9 Å². The van der Waals surface area contributed by atoms with Gasteiger partial charge in [0.25, 0.3) is 5.91 Å². The van der Waals surface area contributed by atoms with E-state index in [9.17, 15) is 9.18 Å². The van der Waals surface area contributed by atoms with Crippen LogP contribution >= 0.6 is 15.9 Å². The van der Waals surface area contributed by atoms with Gasteiger partial charge in [-0.1, -0.05) is 12.1 Å². The van der Waals surface area contributed by atoms with Gasteiger partial charge in [0, 0.05) is 17.2 Å². The van der Waals surface area contributed by atoms with Gasteiger partial charge in [0.05, 0.1) is 6.04 Å². The van der Waals surface area contributed by atoms with Gasteiger partial charge in [0.1, 0.15) is 11.5 Å². The Hall–Kier alpha value is -1.75. The summed E-state index contributed by atoms with van der Waals surface area (Å²) in [5.74, 6) is -0.436. The topological polar surface area (TPSA) is 33.2 Å². The van der Waals surface area contributed by atoms with Gasteiger partial charge in [0.15, 0.2) is 0 Å². The first-order chi connectivity index (χ1) is 10.0. The van der Waals surface area contributed by atoms with Gasteiger partial charge < -0.3 is 4.90 Å². The quantitative estimate of drug-likeness (QED) is 0.827. The smallest absolute Gasteiger partial charge is 0.274 e. The molecule has 0 fully saturated rings. The molecule has 1 amide bonds. The number of pyridine rings is 1. The molecule has 1 unspecified atom stereocenters. The molecule has 2 aromatic rings. The number of amides is 1. The van der Waals surface area contributed by atoms with Crippen molar-refractivity contribution in [1.29, 1.82) is 0 Å². The van der Waals surface area contributed by atoms with E-state index < -0.39 is 0 Å². The Balaban J connectivity index is 2.29. The lowest BCUT2D eigenvalue weighted by atomic mass is 10.1. The van der Waals surface area contributed by atoms with Crippen LogP contribution in [-0.2, 0) is 0 Å². The zero-order valence-electron chi connectivity index (χ0n) is 11.9. The van der Waals surface area contributed by atoms with Crippen LogP contribution in [0.25, 0.3) is 0 Å². The van der Waals surface area contributed by atoms with Gasteiger partial charge in [-0.15, -0.1) is 0 Å². The van der Waals surface area contributed by atoms with Gasteiger partial charge in [0.2, 0.25) is 0 Å². The molecule has 0 aliphatic heterocycles. The van der Waals surface area contributed by atoms with E-state index in [-0.39, 0.29) is 17.8 Å². The van der Waals surface area contributed by atoms with Crippen molar-refractivity contribution in [2.45, 2.75) is 19.9 Å². The van der Waals surface area contributed by atoms with Crippen LogP contribution in [0.2, 0.25) is 0 Å². The Bertz CT molecular complexity index is 630. The molecule has 0 aliphatic rings. The Morgan fingerprint density at radius 2 is 2.00 bits per heavy atom. The summed E-state index contributed by atoms with van der Waals surface area (Å²) in [5, 5.41) is 0. The maximum absolute atomic E-state index is 13.0. The number of nitrogens with zero attached hydrogens (tertiary/aromatic N) is 2. The SMILES string of the molecule is CCN(C(=O)c1ncccc1Br)C(C)c1ccc(F)cc1. The molecule has 0 spiro atoms. The third-order valence-electron chi connectivity index (χ3n) is 3.38. The molecular weight excluding hydrogens is 335 g/mol. The lowest BCUT2D eigenvalue weighted by molar-refractivity contribution is 0.0695. The number of hydrogen-bond donors (Lipinski definition) is 0. The number of aromatic nitrogens is 1. The zero-order chi connectivity index (χ0) is 15.4. The van der Waals surface area contributed by atoms with Gasteiger partial charge >= 0.3 is 0 Å². The highest BCUT2D eigenvalue weighted by atomic mass is 79.9. The van der Waals surface area contributed by atoms with Crippen LogP contribution in [-0.4, -0.2) is 22.3 Å². The highest BCUT2D eigenvalue weighted by molar-refractivity contribution is 9.10. The van der Waals surface area contributed by atoms with Crippen LogP contribution in [0.3, 0.4) is 0 Å². The predicted octanol–water partition coefficient (Wildman–Crippen LogP) is 4.21. The summed E-state index contributed by atoms with van der Waals surface area (Å²) < 4.78 is 13.7. The van der Waals surface area contributed by atoms with Crippen molar-refractivity contribution >= 4 is 21.8 Å². The molecular formula is C16H16BrFN2O. The lowest BCUT2D eigenvalue weighted by Gasteiger charge is -2.28. The molecule has 2 rings (SSSR count). The lowest BCUT2D eigenvalue weighted by Crippen LogP contribution is -2.34. The second-order valence-electron chi connectivity index (χ2n) is 4.65. The molecule has 0 N–H and O–H groups in total. The average molecular weight is 351 g/mol. The summed E-state index contributed by atoms with van der Waals surface area (Å²) >= 11 is 3.35. The molecule has 1 aromatic heterocycles. The summed E-state index contributed by atoms with van der Waals surface area (Å²) in [5.41, 5.74) is 1.27. The second-order valence-corrected chi connectivity index (χ2v) is 5.51. The predicted molar refractivity (Wildman–Crippen MR) is 83.5 cm³/mol. The highest BCUT2D eigenvalue weighted by Crippen LogP contribution is 2.24. The minimum atomic E-state index is -0.284. The number of carbonyl (C=O) groups excluding carboxylic acids is 1. The maximum Gasteiger partial charge on any atom is 0.274 e. The molecule has 1 heterocycles. The third-order valence-corrected chi connectivity index (χ3v) is 4.02. The summed E-state index contributed by atoms with van der Waals surface area (Å²) in [6.45, 7) is 4.38. The average Bonchev–Trinajstić information content (AvgIpc) is 2.49. The van der Waals surface area contributed by atoms with E-state index in [0.29, 0.717) is 16.7 Å². The molecule has 110 valence electrons. The molecule has 0 saturated heterocycles. The van der Waals surface area contributed by atoms with Crippen LogP contribution in [0.4, 0.5) is 4.39 Å². The molecule has 0 saturated carbocycles. The molecule has 1 atom stereocenters. The van der Waals surface area contributed by atoms with Gasteiger partial charge in [-0.25, -0.2) is 9.37 Å². The number of benzene rings is 1. The fourth-order valence-electron chi connectivity index (χ4n) is 2.19. The highest BCUT2D eigenvalue weighted by Gasteiger charge is 2.23. The van der Waals surface area contributed by atoms with Gasteiger partial charge in [-0.05, 0) is 59.6 Å². The minimum absolute atomic E-state index is 0.151. The Morgan fingerprint density at radius 1 is 1.33 bits per heavy atom. The summed E-state index contributed by atoms with van der Waals surface area (Å²) in [6, 6.07) is 9.60. The van der Waals surface area contributed by atoms with Crippen LogP contribution in [0.5, 0.6) is 0 Å². The first kappa shape index (κ1) is 15.6. The van der Waals surface area contributed by atoms with Crippen molar-refractivity contribution in [2.75, 3.05) is 6.54 Å². The van der Waals surface area contributed by atoms with E-state index in [1.807, 2.05) is 13.8 Å². The molecule has 0 aliphatic carbocycles. The molecule has 1 aromatic carbocycles. The summed E-state index contributed by atoms with van der Waals surface area (Å²) in [7, 11) is 0. The van der Waals surface area contributed by atoms with Gasteiger partial charge in [-0.3, -0.25) is 4.79 Å². The normalized spacial score (nSPS) is 12.0. The van der Waals surface area contributed by atoms with Crippen molar-refractivity contribution in [3.63, 3.8) is 0 Å². The number of rotatable bonds is 4. The largest absolute Gasteiger partial charge is 0.331 e. The van der Waals surface area contributed by atoms with Crippen molar-refractivity contribution in [2.24, 2.45) is 0 Å². The third kappa shape index (κ3) is 3.47. The maximum atomic E-state index is 13.0. The van der Waals surface area contributed by atoms with E-state index in [1.165, 1.54) is 12.1 Å². The number of hydrogen-bond acceptors (Lipinski definition) is 2. The first-order valence-corrected chi connectivity index (χ1v) is 7.50. The fraction of sp³-hybridized carbons (Fsp3) is 0.250. The van der Waals surface area contributed by atoms with Crippen molar-refractivity contribution in [1.82, 2.24) is 9.88 Å². The van der Waals surface area contributed by atoms with Crippen LogP contribution in [0.1, 0.15) is 35.9 Å². The number of carbonyl (C=O) groups is 1. The Morgan fingerprint density at radius 3 is 2.57 bits per heavy atom. The van der Waals surface area contributed by atoms with E-state index in [1.54, 1.807) is 35.4 Å².